The second kappa shape index (κ2) is 7.70. The van der Waals surface area contributed by atoms with E-state index in [-0.39, 0.29) is 5.56 Å². The molecule has 19 heavy (non-hydrogen) atoms. The van der Waals surface area contributed by atoms with Crippen molar-refractivity contribution in [2.24, 2.45) is 0 Å². The maximum absolute atomic E-state index is 12.9. The molecule has 1 rings (SSSR count). The lowest BCUT2D eigenvalue weighted by Gasteiger charge is -2.14. The Hall–Kier alpha value is -1.66. The number of aromatic nitrogens is 1. The van der Waals surface area contributed by atoms with Gasteiger partial charge in [0.15, 0.2) is 11.6 Å². The molecule has 0 saturated heterocycles. The molecule has 0 fully saturated rings. The summed E-state index contributed by atoms with van der Waals surface area (Å²) >= 11 is 0. The van der Waals surface area contributed by atoms with Crippen molar-refractivity contribution in [3.8, 4) is 0 Å². The second-order valence-electron chi connectivity index (χ2n) is 3.70. The number of ketones is 2. The molecule has 0 saturated carbocycles. The lowest BCUT2D eigenvalue weighted by Crippen LogP contribution is -2.29. The molecule has 0 atom stereocenters. The largest absolute Gasteiger partial charge is 0.346 e. The first-order chi connectivity index (χ1) is 9.08. The standard InChI is InChI=1S/C13H16FNO4/c1-3-18-13(19-4-2)12(17)6-11(16)9-5-10(14)8-15-7-9/h5,7-8,13H,3-4,6H2,1-2H3. The van der Waals surface area contributed by atoms with Crippen molar-refractivity contribution in [2.45, 2.75) is 26.6 Å². The number of carbonyl (C=O) groups is 2. The van der Waals surface area contributed by atoms with E-state index in [9.17, 15) is 14.0 Å². The Balaban J connectivity index is 2.67. The second-order valence-corrected chi connectivity index (χ2v) is 3.70. The fraction of sp³-hybridized carbons (Fsp3) is 0.462. The van der Waals surface area contributed by atoms with E-state index < -0.39 is 30.1 Å². The fourth-order valence-corrected chi connectivity index (χ4v) is 1.44. The van der Waals surface area contributed by atoms with Gasteiger partial charge >= 0.3 is 0 Å². The van der Waals surface area contributed by atoms with Crippen LogP contribution in [0.5, 0.6) is 0 Å². The molecule has 0 aliphatic heterocycles. The number of carbonyl (C=O) groups excluding carboxylic acids is 2. The molecule has 0 radical (unpaired) electrons. The van der Waals surface area contributed by atoms with Gasteiger partial charge in [0.1, 0.15) is 5.82 Å². The molecule has 104 valence electrons. The van der Waals surface area contributed by atoms with Crippen LogP contribution in [-0.2, 0) is 14.3 Å². The van der Waals surface area contributed by atoms with Crippen LogP contribution in [0.2, 0.25) is 0 Å². The summed E-state index contributed by atoms with van der Waals surface area (Å²) in [7, 11) is 0. The Morgan fingerprint density at radius 3 is 2.42 bits per heavy atom. The molecule has 0 bridgehead atoms. The highest BCUT2D eigenvalue weighted by Gasteiger charge is 2.22. The van der Waals surface area contributed by atoms with E-state index in [4.69, 9.17) is 9.47 Å². The van der Waals surface area contributed by atoms with Crippen LogP contribution in [0.25, 0.3) is 0 Å². The minimum absolute atomic E-state index is 0.0556. The summed E-state index contributed by atoms with van der Waals surface area (Å²) in [6, 6.07) is 1.04. The molecule has 1 aromatic heterocycles. The van der Waals surface area contributed by atoms with Gasteiger partial charge in [0.25, 0.3) is 0 Å². The van der Waals surface area contributed by atoms with Crippen LogP contribution in [0, 0.1) is 5.82 Å². The number of ether oxygens (including phenoxy) is 2. The molecule has 5 nitrogen and oxygen atoms in total. The van der Waals surface area contributed by atoms with Gasteiger partial charge in [0.05, 0.1) is 12.6 Å². The first-order valence-electron chi connectivity index (χ1n) is 5.98. The monoisotopic (exact) mass is 269 g/mol. The lowest BCUT2D eigenvalue weighted by molar-refractivity contribution is -0.166. The van der Waals surface area contributed by atoms with E-state index >= 15 is 0 Å². The number of halogens is 1. The summed E-state index contributed by atoms with van der Waals surface area (Å²) in [5.41, 5.74) is 0.0556. The van der Waals surface area contributed by atoms with Gasteiger partial charge in [-0.15, -0.1) is 0 Å². The smallest absolute Gasteiger partial charge is 0.218 e. The topological polar surface area (TPSA) is 65.5 Å². The summed E-state index contributed by atoms with van der Waals surface area (Å²) in [6.07, 6.45) is 0.743. The predicted molar refractivity (Wildman–Crippen MR) is 65.2 cm³/mol. The summed E-state index contributed by atoms with van der Waals surface area (Å²) in [6.45, 7) is 4.04. The molecule has 0 aliphatic carbocycles. The molecule has 0 N–H and O–H groups in total. The summed E-state index contributed by atoms with van der Waals surface area (Å²) < 4.78 is 23.1. The number of hydrogen-bond donors (Lipinski definition) is 0. The third-order valence-electron chi connectivity index (χ3n) is 2.26. The van der Waals surface area contributed by atoms with Crippen LogP contribution in [0.1, 0.15) is 30.6 Å². The van der Waals surface area contributed by atoms with Crippen molar-refractivity contribution in [1.82, 2.24) is 4.98 Å². The minimum atomic E-state index is -1.06. The Kier molecular flexibility index (Phi) is 6.24. The van der Waals surface area contributed by atoms with Gasteiger partial charge in [0.2, 0.25) is 6.29 Å². The maximum Gasteiger partial charge on any atom is 0.218 e. The summed E-state index contributed by atoms with van der Waals surface area (Å²) in [5, 5.41) is 0. The van der Waals surface area contributed by atoms with Crippen molar-refractivity contribution in [2.75, 3.05) is 13.2 Å². The minimum Gasteiger partial charge on any atom is -0.346 e. The molecular weight excluding hydrogens is 253 g/mol. The lowest BCUT2D eigenvalue weighted by atomic mass is 10.1. The highest BCUT2D eigenvalue weighted by Crippen LogP contribution is 2.08. The van der Waals surface area contributed by atoms with Crippen LogP contribution in [0.15, 0.2) is 18.5 Å². The average molecular weight is 269 g/mol. The normalized spacial score (nSPS) is 10.7. The fourth-order valence-electron chi connectivity index (χ4n) is 1.44. The predicted octanol–water partition coefficient (Wildman–Crippen LogP) is 1.76. The van der Waals surface area contributed by atoms with Crippen LogP contribution in [0.4, 0.5) is 4.39 Å². The van der Waals surface area contributed by atoms with Gasteiger partial charge in [-0.2, -0.15) is 0 Å². The number of pyridine rings is 1. The van der Waals surface area contributed by atoms with Crippen molar-refractivity contribution in [3.05, 3.63) is 29.8 Å². The quantitative estimate of drug-likeness (QED) is 0.409. The Labute approximate surface area is 110 Å². The van der Waals surface area contributed by atoms with Gasteiger partial charge in [-0.1, -0.05) is 0 Å². The van der Waals surface area contributed by atoms with E-state index in [0.29, 0.717) is 13.2 Å². The third-order valence-corrected chi connectivity index (χ3v) is 2.26. The number of nitrogens with zero attached hydrogens (tertiary/aromatic N) is 1. The Morgan fingerprint density at radius 1 is 1.26 bits per heavy atom. The zero-order valence-corrected chi connectivity index (χ0v) is 10.9. The van der Waals surface area contributed by atoms with Crippen LogP contribution in [0.3, 0.4) is 0 Å². The average Bonchev–Trinajstić information content (AvgIpc) is 2.38. The van der Waals surface area contributed by atoms with E-state index in [2.05, 4.69) is 4.98 Å². The van der Waals surface area contributed by atoms with E-state index in [1.165, 1.54) is 6.20 Å². The Bertz CT molecular complexity index is 444. The zero-order valence-electron chi connectivity index (χ0n) is 10.9. The van der Waals surface area contributed by atoms with Gasteiger partial charge < -0.3 is 9.47 Å². The van der Waals surface area contributed by atoms with E-state index in [0.717, 1.165) is 12.3 Å². The molecule has 0 unspecified atom stereocenters. The van der Waals surface area contributed by atoms with Crippen molar-refractivity contribution < 1.29 is 23.5 Å². The van der Waals surface area contributed by atoms with Crippen molar-refractivity contribution in [1.29, 1.82) is 0 Å². The van der Waals surface area contributed by atoms with Crippen LogP contribution < -0.4 is 0 Å². The highest BCUT2D eigenvalue weighted by molar-refractivity contribution is 6.08. The van der Waals surface area contributed by atoms with Gasteiger partial charge in [-0.25, -0.2) is 4.39 Å². The van der Waals surface area contributed by atoms with E-state index in [1.807, 2.05) is 0 Å². The molecule has 0 aliphatic rings. The molecule has 6 heteroatoms. The van der Waals surface area contributed by atoms with Gasteiger partial charge in [-0.05, 0) is 19.9 Å². The molecule has 1 aromatic rings. The van der Waals surface area contributed by atoms with Crippen molar-refractivity contribution >= 4 is 11.6 Å². The first-order valence-corrected chi connectivity index (χ1v) is 5.98. The number of Topliss-reactive ketones (excluding diaryl/α,β-unsaturated/α-hetero) is 2. The van der Waals surface area contributed by atoms with Gasteiger partial charge in [-0.3, -0.25) is 14.6 Å². The van der Waals surface area contributed by atoms with Crippen LogP contribution in [-0.4, -0.2) is 36.1 Å². The molecule has 0 amide bonds. The zero-order chi connectivity index (χ0) is 14.3. The summed E-state index contributed by atoms with van der Waals surface area (Å²) in [5.74, 6) is -1.62. The van der Waals surface area contributed by atoms with E-state index in [1.54, 1.807) is 13.8 Å². The number of hydrogen-bond acceptors (Lipinski definition) is 5. The number of rotatable bonds is 8. The highest BCUT2D eigenvalue weighted by atomic mass is 19.1. The molecule has 0 aromatic carbocycles. The first kappa shape index (κ1) is 15.4. The summed E-state index contributed by atoms with van der Waals surface area (Å²) in [4.78, 5) is 27.1. The SMILES string of the molecule is CCOC(OCC)C(=O)CC(=O)c1cncc(F)c1. The maximum atomic E-state index is 12.9. The molecular formula is C13H16FNO4. The molecule has 0 spiro atoms. The molecule has 1 heterocycles. The van der Waals surface area contributed by atoms with Gasteiger partial charge in [0, 0.05) is 25.0 Å². The Morgan fingerprint density at radius 2 is 1.89 bits per heavy atom. The van der Waals surface area contributed by atoms with Crippen molar-refractivity contribution in [3.63, 3.8) is 0 Å². The third kappa shape index (κ3) is 4.84. The van der Waals surface area contributed by atoms with Crippen LogP contribution >= 0.6 is 0 Å².